The minimum absolute atomic E-state index is 0.0722. The largest absolute Gasteiger partial charge is 0.355 e. The summed E-state index contributed by atoms with van der Waals surface area (Å²) in [6.07, 6.45) is 2.91. The van der Waals surface area contributed by atoms with Gasteiger partial charge in [-0.1, -0.05) is 51.1 Å². The molecular weight excluding hydrogens is 274 g/mol. The monoisotopic (exact) mass is 299 g/mol. The smallest absolute Gasteiger partial charge is 0.227 e. The first kappa shape index (κ1) is 15.3. The Labute approximate surface area is 132 Å². The molecule has 0 unspecified atom stereocenters. The molecule has 1 aromatic carbocycles. The van der Waals surface area contributed by atoms with Crippen LogP contribution in [-0.4, -0.2) is 18.2 Å². The standard InChI is InChI=1S/C19H25NO2/c1-17(2)18(3)10-11-19(17,13-15(18)21)16(22)20-12-9-14-7-5-4-6-8-14/h4-8H,9-13H2,1-3H3,(H,20,22)/t18-,19+/m1/s1. The minimum Gasteiger partial charge on any atom is -0.355 e. The molecule has 2 fully saturated rings. The van der Waals surface area contributed by atoms with Crippen molar-refractivity contribution >= 4 is 11.7 Å². The minimum atomic E-state index is -0.504. The zero-order chi connectivity index (χ0) is 16.0. The van der Waals surface area contributed by atoms with Gasteiger partial charge in [-0.3, -0.25) is 9.59 Å². The Balaban J connectivity index is 1.69. The maximum absolute atomic E-state index is 12.9. The van der Waals surface area contributed by atoms with Gasteiger partial charge in [0.2, 0.25) is 5.91 Å². The van der Waals surface area contributed by atoms with Gasteiger partial charge in [0.05, 0.1) is 5.41 Å². The molecular formula is C19H25NO2. The third-order valence-corrected chi connectivity index (χ3v) is 6.68. The molecule has 1 N–H and O–H groups in total. The molecule has 0 aliphatic heterocycles. The molecule has 3 heteroatoms. The first-order valence-corrected chi connectivity index (χ1v) is 8.19. The van der Waals surface area contributed by atoms with Crippen LogP contribution in [-0.2, 0) is 16.0 Å². The lowest BCUT2D eigenvalue weighted by Crippen LogP contribution is -2.47. The third-order valence-electron chi connectivity index (χ3n) is 6.68. The molecule has 2 bridgehead atoms. The molecule has 1 aromatic rings. The van der Waals surface area contributed by atoms with E-state index in [-0.39, 0.29) is 22.5 Å². The maximum atomic E-state index is 12.9. The number of carbonyl (C=O) groups is 2. The lowest BCUT2D eigenvalue weighted by Gasteiger charge is -2.38. The molecule has 2 atom stereocenters. The Kier molecular flexibility index (Phi) is 3.42. The number of Topliss-reactive ketones (excluding diaryl/α,β-unsaturated/α-hetero) is 1. The van der Waals surface area contributed by atoms with Crippen molar-refractivity contribution in [3.63, 3.8) is 0 Å². The number of fused-ring (bicyclic) bond motifs is 2. The van der Waals surface area contributed by atoms with Crippen molar-refractivity contribution in [1.82, 2.24) is 5.32 Å². The molecule has 0 saturated heterocycles. The highest BCUT2D eigenvalue weighted by atomic mass is 16.2. The fraction of sp³-hybridized carbons (Fsp3) is 0.579. The SMILES string of the molecule is CC1(C)[C@@]2(C(=O)NCCc3ccccc3)CC[C@]1(C)C(=O)C2. The Hall–Kier alpha value is -1.64. The third kappa shape index (κ3) is 1.87. The quantitative estimate of drug-likeness (QED) is 0.928. The van der Waals surface area contributed by atoms with E-state index in [1.165, 1.54) is 5.56 Å². The van der Waals surface area contributed by atoms with E-state index in [2.05, 4.69) is 31.3 Å². The first-order valence-electron chi connectivity index (χ1n) is 8.19. The van der Waals surface area contributed by atoms with Gasteiger partial charge in [-0.2, -0.15) is 0 Å². The molecule has 0 aromatic heterocycles. The number of amides is 1. The normalized spacial score (nSPS) is 32.2. The van der Waals surface area contributed by atoms with E-state index in [1.54, 1.807) is 0 Å². The summed E-state index contributed by atoms with van der Waals surface area (Å²) in [4.78, 5) is 25.3. The van der Waals surface area contributed by atoms with Crippen molar-refractivity contribution in [3.05, 3.63) is 35.9 Å². The van der Waals surface area contributed by atoms with Crippen LogP contribution in [0.2, 0.25) is 0 Å². The van der Waals surface area contributed by atoms with Crippen LogP contribution in [0.4, 0.5) is 0 Å². The van der Waals surface area contributed by atoms with Crippen LogP contribution in [0.5, 0.6) is 0 Å². The lowest BCUT2D eigenvalue weighted by molar-refractivity contribution is -0.136. The second-order valence-electron chi connectivity index (χ2n) is 7.63. The van der Waals surface area contributed by atoms with Gasteiger partial charge >= 0.3 is 0 Å². The van der Waals surface area contributed by atoms with Gasteiger partial charge in [0, 0.05) is 18.4 Å². The maximum Gasteiger partial charge on any atom is 0.227 e. The van der Waals surface area contributed by atoms with E-state index in [4.69, 9.17) is 0 Å². The number of nitrogens with one attached hydrogen (secondary N) is 1. The van der Waals surface area contributed by atoms with Crippen LogP contribution < -0.4 is 5.32 Å². The van der Waals surface area contributed by atoms with Crippen molar-refractivity contribution in [2.24, 2.45) is 16.2 Å². The average Bonchev–Trinajstić information content (AvgIpc) is 2.78. The highest BCUT2D eigenvalue weighted by Gasteiger charge is 2.72. The second-order valence-corrected chi connectivity index (χ2v) is 7.63. The average molecular weight is 299 g/mol. The van der Waals surface area contributed by atoms with Crippen molar-refractivity contribution in [3.8, 4) is 0 Å². The molecule has 118 valence electrons. The molecule has 0 spiro atoms. The van der Waals surface area contributed by atoms with Crippen LogP contribution in [0, 0.1) is 16.2 Å². The van der Waals surface area contributed by atoms with Crippen LogP contribution >= 0.6 is 0 Å². The van der Waals surface area contributed by atoms with Crippen LogP contribution in [0.1, 0.15) is 45.6 Å². The number of carbonyl (C=O) groups excluding carboxylic acids is 2. The van der Waals surface area contributed by atoms with Gasteiger partial charge in [-0.15, -0.1) is 0 Å². The molecule has 3 rings (SSSR count). The molecule has 0 heterocycles. The predicted octanol–water partition coefficient (Wildman–Crippen LogP) is 3.13. The number of benzene rings is 1. The highest BCUT2D eigenvalue weighted by Crippen LogP contribution is 2.70. The van der Waals surface area contributed by atoms with Crippen molar-refractivity contribution < 1.29 is 9.59 Å². The Bertz CT molecular complexity index is 607. The summed E-state index contributed by atoms with van der Waals surface area (Å²) in [5, 5.41) is 3.09. The van der Waals surface area contributed by atoms with Gasteiger partial charge in [0.25, 0.3) is 0 Å². The zero-order valence-electron chi connectivity index (χ0n) is 13.7. The van der Waals surface area contributed by atoms with Gasteiger partial charge in [-0.05, 0) is 30.2 Å². The molecule has 2 aliphatic carbocycles. The van der Waals surface area contributed by atoms with E-state index < -0.39 is 5.41 Å². The molecule has 3 nitrogen and oxygen atoms in total. The van der Waals surface area contributed by atoms with E-state index in [9.17, 15) is 9.59 Å². The summed E-state index contributed by atoms with van der Waals surface area (Å²) in [5.41, 5.74) is 0.131. The lowest BCUT2D eigenvalue weighted by atomic mass is 9.64. The molecule has 0 radical (unpaired) electrons. The molecule has 2 aliphatic rings. The van der Waals surface area contributed by atoms with Crippen molar-refractivity contribution in [2.45, 2.75) is 46.5 Å². The number of hydrogen-bond donors (Lipinski definition) is 1. The summed E-state index contributed by atoms with van der Waals surface area (Å²) in [6.45, 7) is 6.87. The van der Waals surface area contributed by atoms with Gasteiger partial charge in [0.15, 0.2) is 0 Å². The van der Waals surface area contributed by atoms with Gasteiger partial charge in [-0.25, -0.2) is 0 Å². The molecule has 2 saturated carbocycles. The number of hydrogen-bond acceptors (Lipinski definition) is 2. The fourth-order valence-corrected chi connectivity index (χ4v) is 4.49. The van der Waals surface area contributed by atoms with Crippen LogP contribution in [0.15, 0.2) is 30.3 Å². The summed E-state index contributed by atoms with van der Waals surface area (Å²) in [6, 6.07) is 10.2. The van der Waals surface area contributed by atoms with Gasteiger partial charge < -0.3 is 5.32 Å². The molecule has 1 amide bonds. The number of rotatable bonds is 4. The van der Waals surface area contributed by atoms with Crippen LogP contribution in [0.25, 0.3) is 0 Å². The van der Waals surface area contributed by atoms with Crippen molar-refractivity contribution in [2.75, 3.05) is 6.54 Å². The van der Waals surface area contributed by atoms with Gasteiger partial charge in [0.1, 0.15) is 5.78 Å². The summed E-state index contributed by atoms with van der Waals surface area (Å²) < 4.78 is 0. The van der Waals surface area contributed by atoms with Crippen LogP contribution in [0.3, 0.4) is 0 Å². The van der Waals surface area contributed by atoms with E-state index >= 15 is 0 Å². The Morgan fingerprint density at radius 3 is 2.36 bits per heavy atom. The summed E-state index contributed by atoms with van der Waals surface area (Å²) in [5.74, 6) is 0.338. The topological polar surface area (TPSA) is 46.2 Å². The van der Waals surface area contributed by atoms with E-state index in [0.717, 1.165) is 19.3 Å². The second kappa shape index (κ2) is 4.94. The molecule has 22 heavy (non-hydrogen) atoms. The van der Waals surface area contributed by atoms with E-state index in [0.29, 0.717) is 13.0 Å². The Morgan fingerprint density at radius 1 is 1.14 bits per heavy atom. The number of ketones is 1. The predicted molar refractivity (Wildman–Crippen MR) is 86.3 cm³/mol. The summed E-state index contributed by atoms with van der Waals surface area (Å²) in [7, 11) is 0. The zero-order valence-corrected chi connectivity index (χ0v) is 13.7. The fourth-order valence-electron chi connectivity index (χ4n) is 4.49. The van der Waals surface area contributed by atoms with Crippen molar-refractivity contribution in [1.29, 1.82) is 0 Å². The Morgan fingerprint density at radius 2 is 1.82 bits per heavy atom. The first-order chi connectivity index (χ1) is 10.3. The highest BCUT2D eigenvalue weighted by molar-refractivity contribution is 5.99. The summed E-state index contributed by atoms with van der Waals surface area (Å²) >= 11 is 0. The van der Waals surface area contributed by atoms with E-state index in [1.807, 2.05) is 25.1 Å².